The highest BCUT2D eigenvalue weighted by atomic mass is 16.5. The second kappa shape index (κ2) is 9.06. The van der Waals surface area contributed by atoms with E-state index in [1.54, 1.807) is 11.8 Å². The van der Waals surface area contributed by atoms with Crippen molar-refractivity contribution < 1.29 is 14.3 Å². The smallest absolute Gasteiger partial charge is 0.224 e. The van der Waals surface area contributed by atoms with E-state index in [9.17, 15) is 9.59 Å². The molecule has 1 N–H and O–H groups in total. The Bertz CT molecular complexity index is 1310. The zero-order valence-corrected chi connectivity index (χ0v) is 20.4. The van der Waals surface area contributed by atoms with Crippen molar-refractivity contribution >= 4 is 23.1 Å². The molecule has 1 heterocycles. The number of benzene rings is 3. The van der Waals surface area contributed by atoms with E-state index in [0.29, 0.717) is 24.4 Å². The van der Waals surface area contributed by atoms with Gasteiger partial charge >= 0.3 is 0 Å². The molecular formula is C30H30N2O3. The van der Waals surface area contributed by atoms with Crippen molar-refractivity contribution in [1.82, 2.24) is 0 Å². The predicted molar refractivity (Wildman–Crippen MR) is 138 cm³/mol. The van der Waals surface area contributed by atoms with Crippen LogP contribution < -0.4 is 15.0 Å². The van der Waals surface area contributed by atoms with E-state index in [2.05, 4.69) is 19.2 Å². The summed E-state index contributed by atoms with van der Waals surface area (Å²) in [6, 6.07) is 24.9. The lowest BCUT2D eigenvalue weighted by molar-refractivity contribution is -0.118. The fraction of sp³-hybridized carbons (Fsp3) is 0.267. The van der Waals surface area contributed by atoms with Crippen molar-refractivity contribution in [3.8, 4) is 5.75 Å². The fourth-order valence-corrected chi connectivity index (χ4v) is 5.20. The molecule has 35 heavy (non-hydrogen) atoms. The average molecular weight is 467 g/mol. The zero-order valence-electron chi connectivity index (χ0n) is 20.4. The highest BCUT2D eigenvalue weighted by Gasteiger charge is 2.43. The second-order valence-corrected chi connectivity index (χ2v) is 10.1. The van der Waals surface area contributed by atoms with Crippen molar-refractivity contribution in [1.29, 1.82) is 0 Å². The normalized spacial score (nSPS) is 18.8. The van der Waals surface area contributed by atoms with Gasteiger partial charge in [-0.3, -0.25) is 14.5 Å². The number of para-hydroxylation sites is 3. The molecule has 3 aromatic carbocycles. The van der Waals surface area contributed by atoms with Crippen LogP contribution in [-0.2, 0) is 16.2 Å². The van der Waals surface area contributed by atoms with Crippen molar-refractivity contribution in [3.05, 3.63) is 101 Å². The van der Waals surface area contributed by atoms with E-state index in [1.807, 2.05) is 78.9 Å². The van der Waals surface area contributed by atoms with Crippen LogP contribution in [-0.4, -0.2) is 11.7 Å². The lowest BCUT2D eigenvalue weighted by Gasteiger charge is -2.37. The van der Waals surface area contributed by atoms with Crippen LogP contribution >= 0.6 is 0 Å². The van der Waals surface area contributed by atoms with Crippen LogP contribution in [0.2, 0.25) is 0 Å². The number of rotatable bonds is 4. The molecule has 0 radical (unpaired) electrons. The van der Waals surface area contributed by atoms with Crippen LogP contribution in [0.3, 0.4) is 0 Å². The molecule has 3 aromatic rings. The molecule has 1 amide bonds. The summed E-state index contributed by atoms with van der Waals surface area (Å²) in [5, 5.41) is 3.53. The van der Waals surface area contributed by atoms with Gasteiger partial charge in [0.2, 0.25) is 5.91 Å². The molecule has 2 aliphatic rings. The van der Waals surface area contributed by atoms with Gasteiger partial charge in [0.15, 0.2) is 5.78 Å². The molecule has 0 aromatic heterocycles. The molecule has 0 saturated heterocycles. The Morgan fingerprint density at radius 3 is 2.43 bits per heavy atom. The summed E-state index contributed by atoms with van der Waals surface area (Å²) >= 11 is 0. The Kier molecular flexibility index (Phi) is 5.93. The van der Waals surface area contributed by atoms with Gasteiger partial charge < -0.3 is 10.1 Å². The maximum absolute atomic E-state index is 13.7. The highest BCUT2D eigenvalue weighted by molar-refractivity contribution is 6.06. The SMILES string of the molecule is CC(=O)N1c2ccccc2NC2=C(C(=O)CC(C)(C)C2)[C@@H]1c1ccccc1OCc1ccccc1. The quantitative estimate of drug-likeness (QED) is 0.481. The van der Waals surface area contributed by atoms with Gasteiger partial charge in [-0.25, -0.2) is 0 Å². The molecule has 1 atom stereocenters. The molecule has 5 heteroatoms. The standard InChI is InChI=1S/C30H30N2O3/c1-20(33)32-25-15-9-8-14-23(25)31-24-17-30(2,3)18-26(34)28(24)29(32)22-13-7-10-16-27(22)35-19-21-11-5-4-6-12-21/h4-16,29,31H,17-19H2,1-3H3/t29-/m0/s1. The molecule has 1 aliphatic heterocycles. The molecule has 178 valence electrons. The van der Waals surface area contributed by atoms with Gasteiger partial charge in [-0.2, -0.15) is 0 Å². The summed E-state index contributed by atoms with van der Waals surface area (Å²) in [5.74, 6) is 0.593. The van der Waals surface area contributed by atoms with E-state index in [4.69, 9.17) is 4.74 Å². The first-order chi connectivity index (χ1) is 16.8. The minimum Gasteiger partial charge on any atom is -0.489 e. The molecule has 0 fully saturated rings. The van der Waals surface area contributed by atoms with Gasteiger partial charge in [0.1, 0.15) is 12.4 Å². The fourth-order valence-electron chi connectivity index (χ4n) is 5.20. The minimum absolute atomic E-state index is 0.0608. The maximum Gasteiger partial charge on any atom is 0.224 e. The number of carbonyl (C=O) groups excluding carboxylic acids is 2. The Balaban J connectivity index is 1.68. The van der Waals surface area contributed by atoms with Crippen molar-refractivity contribution in [2.24, 2.45) is 5.41 Å². The number of hydrogen-bond acceptors (Lipinski definition) is 4. The van der Waals surface area contributed by atoms with E-state index >= 15 is 0 Å². The number of hydrogen-bond donors (Lipinski definition) is 1. The van der Waals surface area contributed by atoms with Crippen molar-refractivity contribution in [2.75, 3.05) is 10.2 Å². The molecule has 0 spiro atoms. The summed E-state index contributed by atoms with van der Waals surface area (Å²) in [5.41, 5.74) is 4.79. The Morgan fingerprint density at radius 2 is 1.66 bits per heavy atom. The van der Waals surface area contributed by atoms with Crippen LogP contribution in [0.4, 0.5) is 11.4 Å². The maximum atomic E-state index is 13.7. The first-order valence-corrected chi connectivity index (χ1v) is 12.0. The largest absolute Gasteiger partial charge is 0.489 e. The van der Waals surface area contributed by atoms with E-state index in [1.165, 1.54) is 0 Å². The molecule has 0 bridgehead atoms. The van der Waals surface area contributed by atoms with Gasteiger partial charge in [0, 0.05) is 30.2 Å². The number of amides is 1. The lowest BCUT2D eigenvalue weighted by Crippen LogP contribution is -2.38. The number of fused-ring (bicyclic) bond motifs is 1. The summed E-state index contributed by atoms with van der Waals surface area (Å²) in [6.45, 7) is 6.18. The first-order valence-electron chi connectivity index (χ1n) is 12.0. The summed E-state index contributed by atoms with van der Waals surface area (Å²) in [6.07, 6.45) is 1.15. The number of allylic oxidation sites excluding steroid dienone is 1. The van der Waals surface area contributed by atoms with Crippen LogP contribution in [0.25, 0.3) is 0 Å². The zero-order chi connectivity index (χ0) is 24.6. The van der Waals surface area contributed by atoms with Crippen molar-refractivity contribution in [3.63, 3.8) is 0 Å². The van der Waals surface area contributed by atoms with Gasteiger partial charge in [-0.15, -0.1) is 0 Å². The van der Waals surface area contributed by atoms with Gasteiger partial charge in [-0.1, -0.05) is 74.5 Å². The molecule has 0 saturated carbocycles. The van der Waals surface area contributed by atoms with Gasteiger partial charge in [0.25, 0.3) is 0 Å². The number of anilines is 2. The number of ether oxygens (including phenoxy) is 1. The van der Waals surface area contributed by atoms with Crippen LogP contribution in [0, 0.1) is 5.41 Å². The Morgan fingerprint density at radius 1 is 0.971 bits per heavy atom. The Labute approximate surface area is 206 Å². The minimum atomic E-state index is -0.589. The Hall–Kier alpha value is -3.86. The van der Waals surface area contributed by atoms with Crippen LogP contribution in [0.1, 0.15) is 50.8 Å². The van der Waals surface area contributed by atoms with Gasteiger partial charge in [-0.05, 0) is 35.6 Å². The summed E-state index contributed by atoms with van der Waals surface area (Å²) in [7, 11) is 0. The third-order valence-corrected chi connectivity index (χ3v) is 6.69. The molecule has 0 unspecified atom stereocenters. The molecular weight excluding hydrogens is 436 g/mol. The second-order valence-electron chi connectivity index (χ2n) is 10.1. The third-order valence-electron chi connectivity index (χ3n) is 6.69. The molecule has 1 aliphatic carbocycles. The van der Waals surface area contributed by atoms with Crippen LogP contribution in [0.15, 0.2) is 90.1 Å². The topological polar surface area (TPSA) is 58.6 Å². The summed E-state index contributed by atoms with van der Waals surface area (Å²) in [4.78, 5) is 28.7. The number of carbonyl (C=O) groups is 2. The first kappa shape index (κ1) is 22.9. The molecule has 5 nitrogen and oxygen atoms in total. The van der Waals surface area contributed by atoms with Gasteiger partial charge in [0.05, 0.1) is 17.4 Å². The van der Waals surface area contributed by atoms with E-state index < -0.39 is 6.04 Å². The number of nitrogens with zero attached hydrogens (tertiary/aromatic N) is 1. The predicted octanol–water partition coefficient (Wildman–Crippen LogP) is 6.43. The highest BCUT2D eigenvalue weighted by Crippen LogP contribution is 2.49. The average Bonchev–Trinajstić information content (AvgIpc) is 2.97. The van der Waals surface area contributed by atoms with E-state index in [-0.39, 0.29) is 17.1 Å². The number of Topliss-reactive ketones (excluding diaryl/α,β-unsaturated/α-hetero) is 1. The summed E-state index contributed by atoms with van der Waals surface area (Å²) < 4.78 is 6.30. The monoisotopic (exact) mass is 466 g/mol. The number of ketones is 1. The number of nitrogens with one attached hydrogen (secondary N) is 1. The lowest BCUT2D eigenvalue weighted by atomic mass is 9.73. The van der Waals surface area contributed by atoms with Crippen molar-refractivity contribution in [2.45, 2.75) is 46.3 Å². The van der Waals surface area contributed by atoms with E-state index in [0.717, 1.165) is 34.6 Å². The molecule has 5 rings (SSSR count). The van der Waals surface area contributed by atoms with Crippen LogP contribution in [0.5, 0.6) is 5.75 Å². The third kappa shape index (κ3) is 4.46.